The van der Waals surface area contributed by atoms with Gasteiger partial charge >= 0.3 is 0 Å². The second kappa shape index (κ2) is 5.58. The van der Waals surface area contributed by atoms with Crippen molar-refractivity contribution in [2.45, 2.75) is 44.8 Å². The first-order chi connectivity index (χ1) is 6.20. The van der Waals surface area contributed by atoms with Crippen LogP contribution in [0.1, 0.15) is 32.6 Å². The Hall–Kier alpha value is -0.120. The zero-order valence-electron chi connectivity index (χ0n) is 8.50. The summed E-state index contributed by atoms with van der Waals surface area (Å²) in [4.78, 5) is 0. The minimum Gasteiger partial charge on any atom is -0.392 e. The molecule has 0 amide bonds. The zero-order valence-corrected chi connectivity index (χ0v) is 8.50. The molecule has 2 unspecified atom stereocenters. The quantitative estimate of drug-likeness (QED) is 0.529. The molecule has 4 N–H and O–H groups in total. The Morgan fingerprint density at radius 1 is 1.54 bits per heavy atom. The van der Waals surface area contributed by atoms with Gasteiger partial charge in [-0.05, 0) is 38.6 Å². The standard InChI is InChI=1S/C10H22N2O/c1-8(13)7-12-6-5-10(11)9-3-2-4-9/h8-10,12-13H,2-7,11H2,1H3. The van der Waals surface area contributed by atoms with Crippen LogP contribution in [-0.2, 0) is 0 Å². The molecule has 0 aliphatic heterocycles. The maximum Gasteiger partial charge on any atom is 0.0636 e. The van der Waals surface area contributed by atoms with E-state index in [1.54, 1.807) is 6.92 Å². The molecule has 0 heterocycles. The van der Waals surface area contributed by atoms with E-state index in [2.05, 4.69) is 5.32 Å². The van der Waals surface area contributed by atoms with Crippen LogP contribution in [0.4, 0.5) is 0 Å². The third kappa shape index (κ3) is 4.07. The van der Waals surface area contributed by atoms with Crippen LogP contribution >= 0.6 is 0 Å². The number of rotatable bonds is 6. The molecule has 78 valence electrons. The minimum atomic E-state index is -0.250. The normalized spacial score (nSPS) is 22.4. The smallest absolute Gasteiger partial charge is 0.0636 e. The van der Waals surface area contributed by atoms with Crippen molar-refractivity contribution in [1.82, 2.24) is 5.32 Å². The van der Waals surface area contributed by atoms with Gasteiger partial charge in [0.2, 0.25) is 0 Å². The van der Waals surface area contributed by atoms with Crippen LogP contribution in [0, 0.1) is 5.92 Å². The van der Waals surface area contributed by atoms with E-state index < -0.39 is 0 Å². The number of hydrogen-bond acceptors (Lipinski definition) is 3. The molecule has 1 aliphatic carbocycles. The van der Waals surface area contributed by atoms with Crippen LogP contribution in [0.25, 0.3) is 0 Å². The highest BCUT2D eigenvalue weighted by Crippen LogP contribution is 2.29. The third-order valence-electron chi connectivity index (χ3n) is 2.85. The van der Waals surface area contributed by atoms with Gasteiger partial charge in [0, 0.05) is 12.6 Å². The number of aliphatic hydroxyl groups is 1. The Bertz CT molecular complexity index is 135. The highest BCUT2D eigenvalue weighted by Gasteiger charge is 2.23. The highest BCUT2D eigenvalue weighted by atomic mass is 16.3. The summed E-state index contributed by atoms with van der Waals surface area (Å²) in [5, 5.41) is 12.2. The Morgan fingerprint density at radius 2 is 2.23 bits per heavy atom. The largest absolute Gasteiger partial charge is 0.392 e. The first-order valence-corrected chi connectivity index (χ1v) is 5.34. The fourth-order valence-electron chi connectivity index (χ4n) is 1.68. The van der Waals surface area contributed by atoms with Gasteiger partial charge in [0.15, 0.2) is 0 Å². The molecule has 0 aromatic heterocycles. The fourth-order valence-corrected chi connectivity index (χ4v) is 1.68. The highest BCUT2D eigenvalue weighted by molar-refractivity contribution is 4.80. The molecule has 3 heteroatoms. The van der Waals surface area contributed by atoms with Gasteiger partial charge in [-0.3, -0.25) is 0 Å². The van der Waals surface area contributed by atoms with Crippen LogP contribution < -0.4 is 11.1 Å². The van der Waals surface area contributed by atoms with Crippen LogP contribution in [0.2, 0.25) is 0 Å². The summed E-state index contributed by atoms with van der Waals surface area (Å²) >= 11 is 0. The van der Waals surface area contributed by atoms with Crippen LogP contribution in [0.3, 0.4) is 0 Å². The Balaban J connectivity index is 1.92. The van der Waals surface area contributed by atoms with Crippen LogP contribution in [0.5, 0.6) is 0 Å². The number of aliphatic hydroxyl groups excluding tert-OH is 1. The van der Waals surface area contributed by atoms with E-state index >= 15 is 0 Å². The third-order valence-corrected chi connectivity index (χ3v) is 2.85. The lowest BCUT2D eigenvalue weighted by molar-refractivity contribution is 0.189. The van der Waals surface area contributed by atoms with Gasteiger partial charge < -0.3 is 16.2 Å². The SMILES string of the molecule is CC(O)CNCCC(N)C1CCC1. The summed E-state index contributed by atoms with van der Waals surface area (Å²) in [5.74, 6) is 0.772. The average Bonchev–Trinajstić information content (AvgIpc) is 1.94. The summed E-state index contributed by atoms with van der Waals surface area (Å²) in [6, 6.07) is 0.371. The monoisotopic (exact) mass is 186 g/mol. The molecule has 0 bridgehead atoms. The molecule has 0 aromatic carbocycles. The first kappa shape index (κ1) is 11.0. The molecule has 2 atom stereocenters. The number of nitrogens with two attached hydrogens (primary N) is 1. The fraction of sp³-hybridized carbons (Fsp3) is 1.00. The van der Waals surface area contributed by atoms with Crippen molar-refractivity contribution < 1.29 is 5.11 Å². The molecule has 1 saturated carbocycles. The Labute approximate surface area is 80.7 Å². The van der Waals surface area contributed by atoms with Crippen LogP contribution in [0.15, 0.2) is 0 Å². The lowest BCUT2D eigenvalue weighted by Gasteiger charge is -2.31. The Kier molecular flexibility index (Phi) is 4.70. The van der Waals surface area contributed by atoms with Gasteiger partial charge in [-0.25, -0.2) is 0 Å². The van der Waals surface area contributed by atoms with Gasteiger partial charge in [-0.15, -0.1) is 0 Å². The molecule has 1 fully saturated rings. The molecule has 0 radical (unpaired) electrons. The molecular weight excluding hydrogens is 164 g/mol. The molecule has 3 nitrogen and oxygen atoms in total. The summed E-state index contributed by atoms with van der Waals surface area (Å²) < 4.78 is 0. The molecule has 1 aliphatic rings. The van der Waals surface area contributed by atoms with Crippen molar-refractivity contribution in [1.29, 1.82) is 0 Å². The lowest BCUT2D eigenvalue weighted by Crippen LogP contribution is -2.38. The van der Waals surface area contributed by atoms with Gasteiger partial charge in [-0.2, -0.15) is 0 Å². The van der Waals surface area contributed by atoms with Crippen molar-refractivity contribution in [3.05, 3.63) is 0 Å². The summed E-state index contributed by atoms with van der Waals surface area (Å²) in [6.07, 6.45) is 4.78. The van der Waals surface area contributed by atoms with Crippen molar-refractivity contribution in [3.63, 3.8) is 0 Å². The number of hydrogen-bond donors (Lipinski definition) is 3. The van der Waals surface area contributed by atoms with Crippen molar-refractivity contribution in [2.24, 2.45) is 11.7 Å². The summed E-state index contributed by atoms with van der Waals surface area (Å²) in [7, 11) is 0. The van der Waals surface area contributed by atoms with E-state index in [9.17, 15) is 0 Å². The second-order valence-electron chi connectivity index (χ2n) is 4.20. The maximum absolute atomic E-state index is 8.99. The average molecular weight is 186 g/mol. The first-order valence-electron chi connectivity index (χ1n) is 5.34. The minimum absolute atomic E-state index is 0.250. The lowest BCUT2D eigenvalue weighted by atomic mass is 9.79. The molecule has 13 heavy (non-hydrogen) atoms. The predicted octanol–water partition coefficient (Wildman–Crippen LogP) is 0.474. The topological polar surface area (TPSA) is 58.3 Å². The van der Waals surface area contributed by atoms with Gasteiger partial charge in [0.25, 0.3) is 0 Å². The van der Waals surface area contributed by atoms with Crippen molar-refractivity contribution >= 4 is 0 Å². The zero-order chi connectivity index (χ0) is 9.68. The van der Waals surface area contributed by atoms with Crippen LogP contribution in [-0.4, -0.2) is 30.3 Å². The van der Waals surface area contributed by atoms with E-state index in [-0.39, 0.29) is 6.10 Å². The summed E-state index contributed by atoms with van der Waals surface area (Å²) in [5.41, 5.74) is 5.99. The maximum atomic E-state index is 8.99. The molecule has 0 aromatic rings. The van der Waals surface area contributed by atoms with E-state index in [4.69, 9.17) is 10.8 Å². The van der Waals surface area contributed by atoms with E-state index in [1.165, 1.54) is 19.3 Å². The number of nitrogens with one attached hydrogen (secondary N) is 1. The van der Waals surface area contributed by atoms with Crippen molar-refractivity contribution in [3.8, 4) is 0 Å². The van der Waals surface area contributed by atoms with E-state index in [0.717, 1.165) is 18.9 Å². The molecule has 0 spiro atoms. The van der Waals surface area contributed by atoms with Crippen molar-refractivity contribution in [2.75, 3.05) is 13.1 Å². The second-order valence-corrected chi connectivity index (χ2v) is 4.20. The van der Waals surface area contributed by atoms with E-state index in [0.29, 0.717) is 12.6 Å². The van der Waals surface area contributed by atoms with Gasteiger partial charge in [0.05, 0.1) is 6.10 Å². The molecule has 1 rings (SSSR count). The van der Waals surface area contributed by atoms with Gasteiger partial charge in [-0.1, -0.05) is 6.42 Å². The predicted molar refractivity (Wildman–Crippen MR) is 54.5 cm³/mol. The summed E-state index contributed by atoms with van der Waals surface area (Å²) in [6.45, 7) is 3.40. The molecule has 0 saturated heterocycles. The Morgan fingerprint density at radius 3 is 2.69 bits per heavy atom. The van der Waals surface area contributed by atoms with E-state index in [1.807, 2.05) is 0 Å². The van der Waals surface area contributed by atoms with Gasteiger partial charge in [0.1, 0.15) is 0 Å². The molecular formula is C10H22N2O.